The quantitative estimate of drug-likeness (QED) is 0.641. The van der Waals surface area contributed by atoms with Crippen molar-refractivity contribution in [3.8, 4) is 6.07 Å². The first kappa shape index (κ1) is 16.6. The lowest BCUT2D eigenvalue weighted by molar-refractivity contribution is -0.107. The Hall–Kier alpha value is -3.84. The number of furan rings is 1. The Morgan fingerprint density at radius 3 is 2.48 bits per heavy atom. The maximum atomic E-state index is 12.1. The van der Waals surface area contributed by atoms with Crippen molar-refractivity contribution in [1.82, 2.24) is 0 Å². The highest BCUT2D eigenvalue weighted by molar-refractivity contribution is 5.98. The Balaban J connectivity index is 1.92. The van der Waals surface area contributed by atoms with Crippen molar-refractivity contribution in [2.45, 2.75) is 6.04 Å². The van der Waals surface area contributed by atoms with E-state index >= 15 is 0 Å². The molecule has 3 aromatic rings. The molecular formula is C23H16N2O2. The van der Waals surface area contributed by atoms with E-state index in [1.807, 2.05) is 77.8 Å². The summed E-state index contributed by atoms with van der Waals surface area (Å²) in [7, 11) is 0. The largest absolute Gasteiger partial charge is 0.464 e. The highest BCUT2D eigenvalue weighted by Crippen LogP contribution is 2.36. The summed E-state index contributed by atoms with van der Waals surface area (Å²) in [5.74, 6) is 0.701. The van der Waals surface area contributed by atoms with Gasteiger partial charge in [0.1, 0.15) is 18.1 Å². The molecular weight excluding hydrogens is 336 g/mol. The monoisotopic (exact) mass is 352 g/mol. The SMILES string of the molecule is N#Cc1ccccc1C1=CC(c2ccco2)=CN(c2ccccc2)C1C=O. The second-order valence-electron chi connectivity index (χ2n) is 6.14. The predicted molar refractivity (Wildman–Crippen MR) is 105 cm³/mol. The van der Waals surface area contributed by atoms with Crippen molar-refractivity contribution < 1.29 is 9.21 Å². The summed E-state index contributed by atoms with van der Waals surface area (Å²) < 4.78 is 5.57. The standard InChI is InChI=1S/C23H16N2O2/c24-14-17-7-4-5-10-20(17)21-13-18(23-11-6-12-27-23)15-25(22(21)16-26)19-8-2-1-3-9-19/h1-13,15-16,22H. The fourth-order valence-corrected chi connectivity index (χ4v) is 3.29. The molecule has 0 fully saturated rings. The number of benzene rings is 2. The summed E-state index contributed by atoms with van der Waals surface area (Å²) in [6, 6.07) is 22.4. The molecule has 0 saturated carbocycles. The van der Waals surface area contributed by atoms with Crippen LogP contribution in [0.25, 0.3) is 11.1 Å². The summed E-state index contributed by atoms with van der Waals surface area (Å²) in [6.45, 7) is 0. The van der Waals surface area contributed by atoms with Gasteiger partial charge in [0.05, 0.1) is 17.9 Å². The van der Waals surface area contributed by atoms with Crippen molar-refractivity contribution in [3.05, 3.63) is 102 Å². The third kappa shape index (κ3) is 3.07. The highest BCUT2D eigenvalue weighted by atomic mass is 16.3. The maximum absolute atomic E-state index is 12.1. The van der Waals surface area contributed by atoms with Gasteiger partial charge in [0.15, 0.2) is 0 Å². The number of nitriles is 1. The Kier molecular flexibility index (Phi) is 4.42. The van der Waals surface area contributed by atoms with E-state index in [0.29, 0.717) is 11.3 Å². The van der Waals surface area contributed by atoms with Gasteiger partial charge in [-0.1, -0.05) is 36.4 Å². The van der Waals surface area contributed by atoms with Gasteiger partial charge in [-0.2, -0.15) is 5.26 Å². The van der Waals surface area contributed by atoms with Crippen LogP contribution in [0.15, 0.2) is 89.7 Å². The zero-order valence-electron chi connectivity index (χ0n) is 14.4. The molecule has 2 heterocycles. The van der Waals surface area contributed by atoms with Crippen LogP contribution >= 0.6 is 0 Å². The second kappa shape index (κ2) is 7.19. The van der Waals surface area contributed by atoms with Gasteiger partial charge in [-0.05, 0) is 47.5 Å². The van der Waals surface area contributed by atoms with E-state index in [0.717, 1.165) is 28.7 Å². The van der Waals surface area contributed by atoms with Crippen LogP contribution < -0.4 is 4.90 Å². The van der Waals surface area contributed by atoms with Crippen LogP contribution in [0.3, 0.4) is 0 Å². The van der Waals surface area contributed by atoms with E-state index in [1.54, 1.807) is 12.3 Å². The fraction of sp³-hybridized carbons (Fsp3) is 0.0435. The summed E-state index contributed by atoms with van der Waals surface area (Å²) in [5, 5.41) is 9.53. The molecule has 4 heteroatoms. The summed E-state index contributed by atoms with van der Waals surface area (Å²) in [4.78, 5) is 14.0. The Morgan fingerprint density at radius 2 is 1.78 bits per heavy atom. The minimum atomic E-state index is -0.541. The molecule has 2 aromatic carbocycles. The Labute approximate surface area is 157 Å². The number of para-hydroxylation sites is 1. The Bertz CT molecular complexity index is 1060. The zero-order chi connectivity index (χ0) is 18.6. The molecule has 1 atom stereocenters. The molecule has 0 aliphatic carbocycles. The molecule has 0 bridgehead atoms. The molecule has 1 aliphatic rings. The normalized spacial score (nSPS) is 16.3. The van der Waals surface area contributed by atoms with Crippen molar-refractivity contribution >= 4 is 23.1 Å². The van der Waals surface area contributed by atoms with Gasteiger partial charge in [0.2, 0.25) is 0 Å². The molecule has 1 unspecified atom stereocenters. The van der Waals surface area contributed by atoms with Crippen LogP contribution in [-0.2, 0) is 4.79 Å². The van der Waals surface area contributed by atoms with Gasteiger partial charge >= 0.3 is 0 Å². The van der Waals surface area contributed by atoms with E-state index in [4.69, 9.17) is 4.42 Å². The molecule has 0 spiro atoms. The molecule has 27 heavy (non-hydrogen) atoms. The number of anilines is 1. The first-order chi connectivity index (χ1) is 13.3. The predicted octanol–water partition coefficient (Wildman–Crippen LogP) is 4.66. The van der Waals surface area contributed by atoms with Gasteiger partial charge in [0, 0.05) is 17.5 Å². The topological polar surface area (TPSA) is 57.2 Å². The van der Waals surface area contributed by atoms with Crippen LogP contribution in [0.2, 0.25) is 0 Å². The van der Waals surface area contributed by atoms with E-state index in [9.17, 15) is 10.1 Å². The summed E-state index contributed by atoms with van der Waals surface area (Å²) in [5.41, 5.74) is 3.77. The van der Waals surface area contributed by atoms with Crippen molar-refractivity contribution in [1.29, 1.82) is 5.26 Å². The third-order valence-electron chi connectivity index (χ3n) is 4.55. The number of allylic oxidation sites excluding steroid dienone is 2. The molecule has 4 rings (SSSR count). The van der Waals surface area contributed by atoms with Crippen LogP contribution in [-0.4, -0.2) is 12.3 Å². The van der Waals surface area contributed by atoms with Crippen LogP contribution in [0.5, 0.6) is 0 Å². The summed E-state index contributed by atoms with van der Waals surface area (Å²) in [6.07, 6.45) is 6.35. The number of aldehydes is 1. The number of hydrogen-bond acceptors (Lipinski definition) is 4. The van der Waals surface area contributed by atoms with Gasteiger partial charge in [0.25, 0.3) is 0 Å². The van der Waals surface area contributed by atoms with Crippen molar-refractivity contribution in [2.75, 3.05) is 4.90 Å². The molecule has 1 aromatic heterocycles. The van der Waals surface area contributed by atoms with Crippen LogP contribution in [0.1, 0.15) is 16.9 Å². The first-order valence-electron chi connectivity index (χ1n) is 8.57. The average molecular weight is 352 g/mol. The van der Waals surface area contributed by atoms with Gasteiger partial charge in [-0.3, -0.25) is 0 Å². The molecule has 130 valence electrons. The van der Waals surface area contributed by atoms with Gasteiger partial charge < -0.3 is 14.1 Å². The summed E-state index contributed by atoms with van der Waals surface area (Å²) >= 11 is 0. The molecule has 4 nitrogen and oxygen atoms in total. The minimum Gasteiger partial charge on any atom is -0.464 e. The zero-order valence-corrected chi connectivity index (χ0v) is 14.4. The van der Waals surface area contributed by atoms with Gasteiger partial charge in [-0.25, -0.2) is 0 Å². The maximum Gasteiger partial charge on any atom is 0.147 e. The van der Waals surface area contributed by atoms with Crippen LogP contribution in [0, 0.1) is 11.3 Å². The number of rotatable bonds is 4. The molecule has 0 amide bonds. The molecule has 0 radical (unpaired) electrons. The lowest BCUT2D eigenvalue weighted by Crippen LogP contribution is -2.35. The average Bonchev–Trinajstić information content (AvgIpc) is 3.28. The molecule has 1 aliphatic heterocycles. The minimum absolute atomic E-state index is 0.532. The molecule has 0 saturated heterocycles. The fourth-order valence-electron chi connectivity index (χ4n) is 3.29. The number of hydrogen-bond donors (Lipinski definition) is 0. The smallest absolute Gasteiger partial charge is 0.147 e. The number of carbonyl (C=O) groups is 1. The lowest BCUT2D eigenvalue weighted by Gasteiger charge is -2.33. The number of carbonyl (C=O) groups excluding carboxylic acids is 1. The van der Waals surface area contributed by atoms with Gasteiger partial charge in [-0.15, -0.1) is 0 Å². The Morgan fingerprint density at radius 1 is 1.00 bits per heavy atom. The molecule has 0 N–H and O–H groups in total. The third-order valence-corrected chi connectivity index (χ3v) is 4.55. The van der Waals surface area contributed by atoms with E-state index in [2.05, 4.69) is 6.07 Å². The van der Waals surface area contributed by atoms with E-state index in [-0.39, 0.29) is 0 Å². The van der Waals surface area contributed by atoms with Crippen molar-refractivity contribution in [3.63, 3.8) is 0 Å². The van der Waals surface area contributed by atoms with E-state index in [1.165, 1.54) is 0 Å². The first-order valence-corrected chi connectivity index (χ1v) is 8.57. The van der Waals surface area contributed by atoms with Crippen LogP contribution in [0.4, 0.5) is 5.69 Å². The lowest BCUT2D eigenvalue weighted by atomic mass is 9.89. The second-order valence-corrected chi connectivity index (χ2v) is 6.14. The highest BCUT2D eigenvalue weighted by Gasteiger charge is 2.28. The van der Waals surface area contributed by atoms with Crippen molar-refractivity contribution in [2.24, 2.45) is 0 Å². The number of nitrogens with zero attached hydrogens (tertiary/aromatic N) is 2. The van der Waals surface area contributed by atoms with E-state index < -0.39 is 6.04 Å².